The standard InChI is InChI=1S/C20H18ClN3O5/c21-17-4-2-1-3-15(17)13-18(20(26)23-9-11-29-12-10-23)22-19(25)14-5-7-16(8-6-14)24(27)28/h1-8,13H,9-12H2,(H,22,25)/b18-13-. The third-order valence-corrected chi connectivity index (χ3v) is 4.67. The molecule has 0 aromatic heterocycles. The van der Waals surface area contributed by atoms with Crippen LogP contribution in [0.1, 0.15) is 15.9 Å². The molecule has 0 unspecified atom stereocenters. The molecule has 3 rings (SSSR count). The number of nitro benzene ring substituents is 1. The lowest BCUT2D eigenvalue weighted by molar-refractivity contribution is -0.384. The monoisotopic (exact) mass is 415 g/mol. The number of nitrogens with one attached hydrogen (secondary N) is 1. The minimum Gasteiger partial charge on any atom is -0.378 e. The van der Waals surface area contributed by atoms with Crippen molar-refractivity contribution in [1.29, 1.82) is 0 Å². The molecule has 1 aliphatic heterocycles. The Morgan fingerprint density at radius 2 is 1.76 bits per heavy atom. The van der Waals surface area contributed by atoms with E-state index in [1.165, 1.54) is 30.3 Å². The largest absolute Gasteiger partial charge is 0.378 e. The maximum absolute atomic E-state index is 13.0. The van der Waals surface area contributed by atoms with E-state index in [1.807, 2.05) is 0 Å². The molecule has 8 nitrogen and oxygen atoms in total. The third-order valence-electron chi connectivity index (χ3n) is 4.32. The van der Waals surface area contributed by atoms with Crippen LogP contribution in [0, 0.1) is 10.1 Å². The van der Waals surface area contributed by atoms with Gasteiger partial charge in [-0.25, -0.2) is 0 Å². The van der Waals surface area contributed by atoms with Crippen LogP contribution >= 0.6 is 11.6 Å². The van der Waals surface area contributed by atoms with Crippen LogP contribution in [0.4, 0.5) is 5.69 Å². The summed E-state index contributed by atoms with van der Waals surface area (Å²) < 4.78 is 5.27. The van der Waals surface area contributed by atoms with Crippen molar-refractivity contribution in [2.45, 2.75) is 0 Å². The Hall–Kier alpha value is -3.23. The maximum atomic E-state index is 13.0. The molecule has 2 aromatic rings. The van der Waals surface area contributed by atoms with Gasteiger partial charge in [-0.15, -0.1) is 0 Å². The van der Waals surface area contributed by atoms with E-state index in [2.05, 4.69) is 5.32 Å². The average Bonchev–Trinajstić information content (AvgIpc) is 2.75. The van der Waals surface area contributed by atoms with Gasteiger partial charge in [-0.3, -0.25) is 19.7 Å². The van der Waals surface area contributed by atoms with Crippen LogP contribution in [0.25, 0.3) is 6.08 Å². The Bertz CT molecular complexity index is 953. The fourth-order valence-electron chi connectivity index (χ4n) is 2.76. The zero-order chi connectivity index (χ0) is 20.8. The highest BCUT2D eigenvalue weighted by molar-refractivity contribution is 6.32. The molecule has 29 heavy (non-hydrogen) atoms. The second kappa shape index (κ2) is 9.31. The number of nitrogens with zero attached hydrogens (tertiary/aromatic N) is 2. The zero-order valence-electron chi connectivity index (χ0n) is 15.3. The number of halogens is 1. The summed E-state index contributed by atoms with van der Waals surface area (Å²) in [5.41, 5.74) is 0.700. The molecule has 0 saturated carbocycles. The maximum Gasteiger partial charge on any atom is 0.270 e. The molecular weight excluding hydrogens is 398 g/mol. The SMILES string of the molecule is O=C(N/C(=C\c1ccccc1Cl)C(=O)N1CCOCC1)c1ccc([N+](=O)[O-])cc1. The van der Waals surface area contributed by atoms with E-state index < -0.39 is 10.8 Å². The molecule has 150 valence electrons. The quantitative estimate of drug-likeness (QED) is 0.459. The van der Waals surface area contributed by atoms with E-state index in [4.69, 9.17) is 16.3 Å². The first-order chi connectivity index (χ1) is 14.0. The van der Waals surface area contributed by atoms with Crippen molar-refractivity contribution in [3.8, 4) is 0 Å². The normalized spacial score (nSPS) is 14.4. The number of carbonyl (C=O) groups excluding carboxylic acids is 2. The third kappa shape index (κ3) is 5.18. The van der Waals surface area contributed by atoms with Gasteiger partial charge in [-0.05, 0) is 29.8 Å². The fraction of sp³-hybridized carbons (Fsp3) is 0.200. The summed E-state index contributed by atoms with van der Waals surface area (Å²) in [6.07, 6.45) is 1.52. The summed E-state index contributed by atoms with van der Waals surface area (Å²) in [6.45, 7) is 1.65. The predicted octanol–water partition coefficient (Wildman–Crippen LogP) is 2.88. The summed E-state index contributed by atoms with van der Waals surface area (Å²) in [7, 11) is 0. The number of carbonyl (C=O) groups is 2. The number of hydrogen-bond donors (Lipinski definition) is 1. The molecular formula is C20H18ClN3O5. The molecule has 9 heteroatoms. The van der Waals surface area contributed by atoms with E-state index in [-0.39, 0.29) is 22.9 Å². The number of amides is 2. The molecule has 0 radical (unpaired) electrons. The van der Waals surface area contributed by atoms with Gasteiger partial charge in [0.2, 0.25) is 0 Å². The van der Waals surface area contributed by atoms with E-state index >= 15 is 0 Å². The molecule has 1 heterocycles. The van der Waals surface area contributed by atoms with Crippen LogP contribution < -0.4 is 5.32 Å². The van der Waals surface area contributed by atoms with Gasteiger partial charge in [0.25, 0.3) is 17.5 Å². The van der Waals surface area contributed by atoms with Crippen LogP contribution in [0.5, 0.6) is 0 Å². The number of benzene rings is 2. The smallest absolute Gasteiger partial charge is 0.270 e. The predicted molar refractivity (Wildman–Crippen MR) is 107 cm³/mol. The first-order valence-electron chi connectivity index (χ1n) is 8.85. The molecule has 0 spiro atoms. The molecule has 1 N–H and O–H groups in total. The first-order valence-corrected chi connectivity index (χ1v) is 9.22. The van der Waals surface area contributed by atoms with Crippen LogP contribution in [0.3, 0.4) is 0 Å². The van der Waals surface area contributed by atoms with Gasteiger partial charge in [0.1, 0.15) is 5.70 Å². The van der Waals surface area contributed by atoms with Gasteiger partial charge in [0.15, 0.2) is 0 Å². The van der Waals surface area contributed by atoms with Gasteiger partial charge < -0.3 is 15.0 Å². The minimum absolute atomic E-state index is 0.0587. The van der Waals surface area contributed by atoms with Gasteiger partial charge >= 0.3 is 0 Å². The number of ether oxygens (including phenoxy) is 1. The van der Waals surface area contributed by atoms with Gasteiger partial charge in [-0.1, -0.05) is 29.8 Å². The minimum atomic E-state index is -0.556. The summed E-state index contributed by atoms with van der Waals surface area (Å²) in [5, 5.41) is 13.8. The highest BCUT2D eigenvalue weighted by Crippen LogP contribution is 2.19. The summed E-state index contributed by atoms with van der Waals surface area (Å²) in [6, 6.07) is 12.1. The molecule has 0 atom stereocenters. The molecule has 2 aromatic carbocycles. The molecule has 2 amide bonds. The van der Waals surface area contributed by atoms with E-state index in [9.17, 15) is 19.7 Å². The second-order valence-electron chi connectivity index (χ2n) is 6.24. The first kappa shape index (κ1) is 20.5. The van der Waals surface area contributed by atoms with Crippen molar-refractivity contribution in [1.82, 2.24) is 10.2 Å². The van der Waals surface area contributed by atoms with Gasteiger partial charge in [-0.2, -0.15) is 0 Å². The zero-order valence-corrected chi connectivity index (χ0v) is 16.1. The summed E-state index contributed by atoms with van der Waals surface area (Å²) >= 11 is 6.19. The number of rotatable bonds is 5. The van der Waals surface area contributed by atoms with Crippen molar-refractivity contribution < 1.29 is 19.2 Å². The lowest BCUT2D eigenvalue weighted by Gasteiger charge is -2.28. The van der Waals surface area contributed by atoms with Crippen LogP contribution in [-0.2, 0) is 9.53 Å². The number of non-ortho nitro benzene ring substituents is 1. The Labute approximate surface area is 171 Å². The van der Waals surface area contributed by atoms with Gasteiger partial charge in [0.05, 0.1) is 18.1 Å². The summed E-state index contributed by atoms with van der Waals surface area (Å²) in [4.78, 5) is 37.4. The van der Waals surface area contributed by atoms with Crippen molar-refractivity contribution >= 4 is 35.2 Å². The van der Waals surface area contributed by atoms with E-state index in [0.717, 1.165) is 0 Å². The average molecular weight is 416 g/mol. The Kier molecular flexibility index (Phi) is 6.58. The van der Waals surface area contributed by atoms with Crippen LogP contribution in [0.2, 0.25) is 5.02 Å². The van der Waals surface area contributed by atoms with E-state index in [0.29, 0.717) is 36.9 Å². The van der Waals surface area contributed by atoms with Gasteiger partial charge in [0, 0.05) is 35.8 Å². The topological polar surface area (TPSA) is 102 Å². The number of nitro groups is 1. The fourth-order valence-corrected chi connectivity index (χ4v) is 2.96. The van der Waals surface area contributed by atoms with Crippen LogP contribution in [-0.4, -0.2) is 47.9 Å². The Morgan fingerprint density at radius 1 is 1.10 bits per heavy atom. The lowest BCUT2D eigenvalue weighted by Crippen LogP contribution is -2.44. The Balaban J connectivity index is 1.88. The molecule has 1 fully saturated rings. The molecule has 1 saturated heterocycles. The van der Waals surface area contributed by atoms with Crippen molar-refractivity contribution in [2.75, 3.05) is 26.3 Å². The van der Waals surface area contributed by atoms with Crippen molar-refractivity contribution in [3.63, 3.8) is 0 Å². The highest BCUT2D eigenvalue weighted by atomic mass is 35.5. The van der Waals surface area contributed by atoms with Crippen molar-refractivity contribution in [2.24, 2.45) is 0 Å². The molecule has 0 bridgehead atoms. The molecule has 0 aliphatic carbocycles. The number of morpholine rings is 1. The molecule has 1 aliphatic rings. The second-order valence-corrected chi connectivity index (χ2v) is 6.65. The highest BCUT2D eigenvalue weighted by Gasteiger charge is 2.23. The van der Waals surface area contributed by atoms with Crippen LogP contribution in [0.15, 0.2) is 54.2 Å². The van der Waals surface area contributed by atoms with Crippen molar-refractivity contribution in [3.05, 3.63) is 80.5 Å². The van der Waals surface area contributed by atoms with E-state index in [1.54, 1.807) is 29.2 Å². The lowest BCUT2D eigenvalue weighted by atomic mass is 10.1. The summed E-state index contributed by atoms with van der Waals surface area (Å²) in [5.74, 6) is -0.914. The number of hydrogen-bond acceptors (Lipinski definition) is 5. The Morgan fingerprint density at radius 3 is 2.38 bits per heavy atom.